The highest BCUT2D eigenvalue weighted by molar-refractivity contribution is 7.54. The molecule has 1 fully saturated rings. The maximum absolute atomic E-state index is 2.37. The van der Waals surface area contributed by atoms with E-state index in [-0.39, 0.29) is 0 Å². The van der Waals surface area contributed by atoms with Gasteiger partial charge in [-0.1, -0.05) is 14.4 Å². The summed E-state index contributed by atoms with van der Waals surface area (Å²) in [5.41, 5.74) is 0. The maximum Gasteiger partial charge on any atom is -0.0156 e. The third-order valence-corrected chi connectivity index (χ3v) is 2.36. The third-order valence-electron chi connectivity index (χ3n) is 1.33. The summed E-state index contributed by atoms with van der Waals surface area (Å²) >= 11 is 0. The zero-order valence-corrected chi connectivity index (χ0v) is 4.57. The molecule has 0 N–H and O–H groups in total. The van der Waals surface area contributed by atoms with Gasteiger partial charge in [0, 0.05) is 0 Å². The van der Waals surface area contributed by atoms with Crippen LogP contribution in [0.2, 0.25) is 0 Å². The highest BCUT2D eigenvalue weighted by Gasteiger charge is 2.29. The van der Waals surface area contributed by atoms with E-state index in [1.54, 1.807) is 5.31 Å². The fraction of sp³-hybridized carbons (Fsp3) is 0.600. The number of allylic oxidation sites excluding steroid dienone is 1. The molecule has 1 heterocycles. The van der Waals surface area contributed by atoms with Crippen molar-refractivity contribution in [1.29, 1.82) is 0 Å². The van der Waals surface area contributed by atoms with Crippen LogP contribution in [0, 0.1) is 5.92 Å². The third kappa shape index (κ3) is 0.405. The lowest BCUT2D eigenvalue weighted by atomic mass is 10.4. The Kier molecular flexibility index (Phi) is 0.465. The summed E-state index contributed by atoms with van der Waals surface area (Å²) in [4.78, 5) is 0. The van der Waals surface area contributed by atoms with Gasteiger partial charge in [-0.2, -0.15) is 0 Å². The Balaban J connectivity index is 2.07. The van der Waals surface area contributed by atoms with Gasteiger partial charge in [0.1, 0.15) is 0 Å². The SMILES string of the molecule is C1=C(C2CC2)P1. The van der Waals surface area contributed by atoms with Crippen molar-refractivity contribution in [2.24, 2.45) is 5.92 Å². The number of rotatable bonds is 1. The van der Waals surface area contributed by atoms with Crippen molar-refractivity contribution in [3.05, 3.63) is 11.1 Å². The molecule has 0 nitrogen and oxygen atoms in total. The predicted molar refractivity (Wildman–Crippen MR) is 29.1 cm³/mol. The van der Waals surface area contributed by atoms with E-state index in [1.807, 2.05) is 0 Å². The van der Waals surface area contributed by atoms with Gasteiger partial charge in [-0.05, 0) is 24.1 Å². The van der Waals surface area contributed by atoms with Crippen molar-refractivity contribution in [1.82, 2.24) is 0 Å². The van der Waals surface area contributed by atoms with Crippen LogP contribution in [-0.4, -0.2) is 0 Å². The highest BCUT2D eigenvalue weighted by Crippen LogP contribution is 2.56. The van der Waals surface area contributed by atoms with E-state index in [0.717, 1.165) is 14.5 Å². The van der Waals surface area contributed by atoms with E-state index >= 15 is 0 Å². The second kappa shape index (κ2) is 0.869. The summed E-state index contributed by atoms with van der Waals surface area (Å²) in [6.07, 6.45) is 3.00. The van der Waals surface area contributed by atoms with Crippen LogP contribution < -0.4 is 0 Å². The van der Waals surface area contributed by atoms with Crippen molar-refractivity contribution in [2.75, 3.05) is 0 Å². The van der Waals surface area contributed by atoms with Gasteiger partial charge in [-0.25, -0.2) is 0 Å². The monoisotopic (exact) mass is 98.0 g/mol. The average molecular weight is 98.1 g/mol. The van der Waals surface area contributed by atoms with Crippen molar-refractivity contribution in [3.63, 3.8) is 0 Å². The molecule has 1 saturated carbocycles. The van der Waals surface area contributed by atoms with Crippen molar-refractivity contribution < 1.29 is 0 Å². The summed E-state index contributed by atoms with van der Waals surface area (Å²) < 4.78 is 0. The molecule has 0 aromatic carbocycles. The first-order valence-corrected chi connectivity index (χ1v) is 3.51. The Labute approximate surface area is 39.4 Å². The molecule has 0 radical (unpaired) electrons. The zero-order valence-electron chi connectivity index (χ0n) is 3.57. The lowest BCUT2D eigenvalue weighted by molar-refractivity contribution is 1.12. The molecule has 0 saturated heterocycles. The quantitative estimate of drug-likeness (QED) is 0.439. The van der Waals surface area contributed by atoms with Gasteiger partial charge in [0.15, 0.2) is 0 Å². The van der Waals surface area contributed by atoms with Crippen LogP contribution in [0.3, 0.4) is 0 Å². The maximum atomic E-state index is 2.37. The lowest BCUT2D eigenvalue weighted by Crippen LogP contribution is -1.55. The summed E-state index contributed by atoms with van der Waals surface area (Å²) in [7, 11) is 1.16. The Bertz CT molecular complexity index is 101. The van der Waals surface area contributed by atoms with Crippen molar-refractivity contribution in [3.8, 4) is 0 Å². The second-order valence-corrected chi connectivity index (χ2v) is 3.17. The average Bonchev–Trinajstić information content (AvgIpc) is 2.26. The molecule has 32 valence electrons. The molecular formula is C5H7P. The fourth-order valence-corrected chi connectivity index (χ4v) is 1.52. The van der Waals surface area contributed by atoms with Gasteiger partial charge in [-0.3, -0.25) is 0 Å². The van der Waals surface area contributed by atoms with Gasteiger partial charge in [0.25, 0.3) is 0 Å². The van der Waals surface area contributed by atoms with Gasteiger partial charge >= 0.3 is 0 Å². The first-order chi connectivity index (χ1) is 2.97. The smallest absolute Gasteiger partial charge is 0.0156 e. The van der Waals surface area contributed by atoms with E-state index in [1.165, 1.54) is 12.8 Å². The van der Waals surface area contributed by atoms with E-state index in [9.17, 15) is 0 Å². The Hall–Kier alpha value is 0.170. The molecule has 0 amide bonds. The normalized spacial score (nSPS) is 33.7. The molecular weight excluding hydrogens is 91.0 g/mol. The van der Waals surface area contributed by atoms with Crippen molar-refractivity contribution in [2.45, 2.75) is 12.8 Å². The first kappa shape index (κ1) is 3.21. The summed E-state index contributed by atoms with van der Waals surface area (Å²) in [6, 6.07) is 0. The predicted octanol–water partition coefficient (Wildman–Crippen LogP) is 1.93. The fourth-order valence-electron chi connectivity index (χ4n) is 0.672. The van der Waals surface area contributed by atoms with Gasteiger partial charge in [0.05, 0.1) is 0 Å². The Morgan fingerprint density at radius 2 is 2.33 bits per heavy atom. The Morgan fingerprint density at radius 3 is 2.50 bits per heavy atom. The molecule has 1 aliphatic heterocycles. The highest BCUT2D eigenvalue weighted by atomic mass is 31.1. The summed E-state index contributed by atoms with van der Waals surface area (Å²) in [5.74, 6) is 3.46. The molecule has 6 heavy (non-hydrogen) atoms. The van der Waals surface area contributed by atoms with E-state index in [0.29, 0.717) is 0 Å². The molecule has 2 rings (SSSR count). The van der Waals surface area contributed by atoms with E-state index in [4.69, 9.17) is 0 Å². The van der Waals surface area contributed by atoms with Crippen LogP contribution in [0.4, 0.5) is 0 Å². The van der Waals surface area contributed by atoms with Crippen LogP contribution in [0.1, 0.15) is 12.8 Å². The molecule has 1 heteroatoms. The molecule has 0 aromatic rings. The summed E-state index contributed by atoms with van der Waals surface area (Å²) in [6.45, 7) is 0. The van der Waals surface area contributed by atoms with Gasteiger partial charge in [0.2, 0.25) is 0 Å². The minimum atomic E-state index is 1.09. The minimum absolute atomic E-state index is 1.09. The molecule has 1 atom stereocenters. The number of hydrogen-bond acceptors (Lipinski definition) is 0. The standard InChI is InChI=1S/C5H7P/c1-2-4(1)5-3-6-5/h3-4,6H,1-2H2. The second-order valence-electron chi connectivity index (χ2n) is 2.02. The largest absolute Gasteiger partial charge is 0.0708 e. The number of hydrogen-bond donors (Lipinski definition) is 0. The van der Waals surface area contributed by atoms with E-state index in [2.05, 4.69) is 5.82 Å². The van der Waals surface area contributed by atoms with E-state index < -0.39 is 0 Å². The van der Waals surface area contributed by atoms with Crippen LogP contribution in [0.5, 0.6) is 0 Å². The Morgan fingerprint density at radius 1 is 1.67 bits per heavy atom. The molecule has 0 aromatic heterocycles. The van der Waals surface area contributed by atoms with Crippen LogP contribution >= 0.6 is 8.58 Å². The molecule has 1 unspecified atom stereocenters. The first-order valence-electron chi connectivity index (χ1n) is 2.43. The molecule has 2 aliphatic rings. The van der Waals surface area contributed by atoms with Gasteiger partial charge < -0.3 is 0 Å². The molecule has 0 bridgehead atoms. The van der Waals surface area contributed by atoms with Gasteiger partial charge in [-0.15, -0.1) is 0 Å². The zero-order chi connectivity index (χ0) is 3.98. The summed E-state index contributed by atoms with van der Waals surface area (Å²) in [5, 5.41) is 1.77. The van der Waals surface area contributed by atoms with Crippen LogP contribution in [0.25, 0.3) is 0 Å². The molecule has 1 aliphatic carbocycles. The topological polar surface area (TPSA) is 0 Å². The van der Waals surface area contributed by atoms with Crippen LogP contribution in [-0.2, 0) is 0 Å². The molecule has 0 spiro atoms. The van der Waals surface area contributed by atoms with Crippen LogP contribution in [0.15, 0.2) is 11.1 Å². The van der Waals surface area contributed by atoms with Crippen molar-refractivity contribution >= 4 is 8.58 Å². The lowest BCUT2D eigenvalue weighted by Gasteiger charge is -1.71. The minimum Gasteiger partial charge on any atom is -0.0708 e.